The average Bonchev–Trinajstić information content (AvgIpc) is 3.28. The van der Waals surface area contributed by atoms with Crippen molar-refractivity contribution >= 4 is 11.7 Å². The predicted octanol–water partition coefficient (Wildman–Crippen LogP) is 0.656. The van der Waals surface area contributed by atoms with Gasteiger partial charge in [0.15, 0.2) is 17.3 Å². The summed E-state index contributed by atoms with van der Waals surface area (Å²) in [6, 6.07) is 4.10. The van der Waals surface area contributed by atoms with Crippen LogP contribution in [0.3, 0.4) is 0 Å². The Hall–Kier alpha value is -2.44. The number of nitrogens with zero attached hydrogens (tertiary/aromatic N) is 1. The minimum absolute atomic E-state index is 0.0387. The van der Waals surface area contributed by atoms with Gasteiger partial charge in [0.1, 0.15) is 0 Å². The second kappa shape index (κ2) is 5.68. The highest BCUT2D eigenvalue weighted by Crippen LogP contribution is 2.34. The van der Waals surface area contributed by atoms with Crippen molar-refractivity contribution < 1.29 is 19.8 Å². The van der Waals surface area contributed by atoms with Gasteiger partial charge in [0.25, 0.3) is 5.91 Å². The summed E-state index contributed by atoms with van der Waals surface area (Å²) < 4.78 is 4.95. The summed E-state index contributed by atoms with van der Waals surface area (Å²) in [7, 11) is 1.40. The highest BCUT2D eigenvalue weighted by Gasteiger charge is 2.35. The molecule has 7 nitrogen and oxygen atoms in total. The molecule has 1 atom stereocenters. The van der Waals surface area contributed by atoms with Gasteiger partial charge in [-0.1, -0.05) is 11.2 Å². The van der Waals surface area contributed by atoms with Crippen LogP contribution in [0.2, 0.25) is 0 Å². The van der Waals surface area contributed by atoms with Crippen LogP contribution in [0.25, 0.3) is 0 Å². The van der Waals surface area contributed by atoms with Crippen molar-refractivity contribution in [1.29, 1.82) is 0 Å². The van der Waals surface area contributed by atoms with Gasteiger partial charge in [-0.25, -0.2) is 0 Å². The van der Waals surface area contributed by atoms with Crippen molar-refractivity contribution in [3.05, 3.63) is 23.8 Å². The number of ether oxygens (including phenoxy) is 1. The second-order valence-corrected chi connectivity index (χ2v) is 4.67. The number of hydrogen-bond donors (Lipinski definition) is 4. The van der Waals surface area contributed by atoms with Gasteiger partial charge in [0, 0.05) is 0 Å². The largest absolute Gasteiger partial charge is 0.504 e. The monoisotopic (exact) mass is 279 g/mol. The van der Waals surface area contributed by atoms with Crippen LogP contribution in [0.15, 0.2) is 23.4 Å². The maximum absolute atomic E-state index is 12.2. The molecule has 0 spiro atoms. The lowest BCUT2D eigenvalue weighted by molar-refractivity contribution is 0.0939. The van der Waals surface area contributed by atoms with Gasteiger partial charge in [-0.15, -0.1) is 0 Å². The van der Waals surface area contributed by atoms with Crippen LogP contribution in [0.1, 0.15) is 23.2 Å². The van der Waals surface area contributed by atoms with E-state index in [1.165, 1.54) is 13.2 Å². The van der Waals surface area contributed by atoms with Crippen molar-refractivity contribution in [3.63, 3.8) is 0 Å². The molecule has 1 fully saturated rings. The van der Waals surface area contributed by atoms with E-state index in [2.05, 4.69) is 10.5 Å². The zero-order chi connectivity index (χ0) is 14.7. The number of oxime groups is 1. The Morgan fingerprint density at radius 2 is 2.25 bits per heavy atom. The number of aromatic hydroxyl groups is 1. The van der Waals surface area contributed by atoms with E-state index >= 15 is 0 Å². The van der Waals surface area contributed by atoms with E-state index in [1.54, 1.807) is 12.1 Å². The molecule has 0 aromatic heterocycles. The van der Waals surface area contributed by atoms with Gasteiger partial charge >= 0.3 is 0 Å². The number of amides is 1. The van der Waals surface area contributed by atoms with Crippen molar-refractivity contribution in [1.82, 2.24) is 5.32 Å². The number of amidine groups is 1. The Kier molecular flexibility index (Phi) is 3.97. The van der Waals surface area contributed by atoms with Crippen molar-refractivity contribution in [2.24, 2.45) is 16.8 Å². The Bertz CT molecular complexity index is 540. The van der Waals surface area contributed by atoms with E-state index in [4.69, 9.17) is 15.7 Å². The molecule has 7 heteroatoms. The van der Waals surface area contributed by atoms with Gasteiger partial charge in [0.05, 0.1) is 18.7 Å². The molecule has 1 aliphatic rings. The SMILES string of the molecule is COc1cccc(C(=O)NC(C(N)=NO)C2CC2)c1O. The number of phenols is 1. The van der Waals surface area contributed by atoms with Crippen LogP contribution in [-0.4, -0.2) is 35.2 Å². The summed E-state index contributed by atoms with van der Waals surface area (Å²) in [4.78, 5) is 12.2. The maximum atomic E-state index is 12.2. The molecule has 20 heavy (non-hydrogen) atoms. The van der Waals surface area contributed by atoms with Crippen LogP contribution in [0.4, 0.5) is 0 Å². The molecule has 0 aliphatic heterocycles. The van der Waals surface area contributed by atoms with E-state index in [1.807, 2.05) is 0 Å². The third-order valence-corrected chi connectivity index (χ3v) is 3.28. The number of carbonyl (C=O) groups excluding carboxylic acids is 1. The first-order valence-corrected chi connectivity index (χ1v) is 6.22. The van der Waals surface area contributed by atoms with Gasteiger partial charge in [-0.3, -0.25) is 4.79 Å². The summed E-state index contributed by atoms with van der Waals surface area (Å²) in [6.45, 7) is 0. The highest BCUT2D eigenvalue weighted by molar-refractivity contribution is 6.00. The summed E-state index contributed by atoms with van der Waals surface area (Å²) in [5.74, 6) is -0.387. The Morgan fingerprint density at radius 3 is 2.80 bits per heavy atom. The standard InChI is InChI=1S/C13H17N3O4/c1-20-9-4-2-3-8(11(9)17)13(18)15-10(7-5-6-7)12(14)16-19/h2-4,7,10,17,19H,5-6H2,1H3,(H2,14,16)(H,15,18). The Balaban J connectivity index is 2.19. The summed E-state index contributed by atoms with van der Waals surface area (Å²) in [6.07, 6.45) is 1.82. The van der Waals surface area contributed by atoms with Gasteiger partial charge in [-0.05, 0) is 30.9 Å². The van der Waals surface area contributed by atoms with Crippen molar-refractivity contribution in [3.8, 4) is 11.5 Å². The number of carbonyl (C=O) groups is 1. The minimum atomic E-state index is -0.530. The van der Waals surface area contributed by atoms with Crippen LogP contribution in [-0.2, 0) is 0 Å². The van der Waals surface area contributed by atoms with Crippen LogP contribution >= 0.6 is 0 Å². The number of phenolic OH excluding ortho intramolecular Hbond substituents is 1. The van der Waals surface area contributed by atoms with Crippen LogP contribution in [0.5, 0.6) is 11.5 Å². The van der Waals surface area contributed by atoms with Crippen molar-refractivity contribution in [2.45, 2.75) is 18.9 Å². The first kappa shape index (κ1) is 14.0. The average molecular weight is 279 g/mol. The number of rotatable bonds is 5. The lowest BCUT2D eigenvalue weighted by atomic mass is 10.1. The lowest BCUT2D eigenvalue weighted by Crippen LogP contribution is -2.46. The summed E-state index contributed by atoms with van der Waals surface area (Å²) >= 11 is 0. The van der Waals surface area contributed by atoms with Gasteiger partial charge in [0.2, 0.25) is 0 Å². The number of methoxy groups -OCH3 is 1. The zero-order valence-electron chi connectivity index (χ0n) is 11.0. The number of nitrogens with two attached hydrogens (primary N) is 1. The molecule has 1 aliphatic carbocycles. The molecule has 0 bridgehead atoms. The van der Waals surface area contributed by atoms with E-state index < -0.39 is 11.9 Å². The first-order chi connectivity index (χ1) is 9.58. The molecular formula is C13H17N3O4. The fourth-order valence-corrected chi connectivity index (χ4v) is 2.01. The third-order valence-electron chi connectivity index (χ3n) is 3.28. The molecule has 1 saturated carbocycles. The van der Waals surface area contributed by atoms with Crippen LogP contribution < -0.4 is 15.8 Å². The van der Waals surface area contributed by atoms with E-state index in [0.29, 0.717) is 0 Å². The number of nitrogens with one attached hydrogen (secondary N) is 1. The topological polar surface area (TPSA) is 117 Å². The zero-order valence-corrected chi connectivity index (χ0v) is 11.0. The fraction of sp³-hybridized carbons (Fsp3) is 0.385. The maximum Gasteiger partial charge on any atom is 0.255 e. The smallest absolute Gasteiger partial charge is 0.255 e. The number of benzene rings is 1. The van der Waals surface area contributed by atoms with Crippen LogP contribution in [0, 0.1) is 5.92 Å². The van der Waals surface area contributed by atoms with E-state index in [9.17, 15) is 9.90 Å². The predicted molar refractivity (Wildman–Crippen MR) is 72.0 cm³/mol. The molecule has 0 radical (unpaired) electrons. The molecule has 1 unspecified atom stereocenters. The first-order valence-electron chi connectivity index (χ1n) is 6.22. The van der Waals surface area contributed by atoms with Gasteiger partial charge < -0.3 is 26.1 Å². The van der Waals surface area contributed by atoms with Gasteiger partial charge in [-0.2, -0.15) is 0 Å². The molecule has 0 saturated heterocycles. The third kappa shape index (κ3) is 2.76. The molecule has 1 aromatic carbocycles. The van der Waals surface area contributed by atoms with Crippen molar-refractivity contribution in [2.75, 3.05) is 7.11 Å². The summed E-state index contributed by atoms with van der Waals surface area (Å²) in [5.41, 5.74) is 5.66. The van der Waals surface area contributed by atoms with E-state index in [0.717, 1.165) is 12.8 Å². The second-order valence-electron chi connectivity index (χ2n) is 4.67. The molecule has 1 aromatic rings. The quantitative estimate of drug-likeness (QED) is 0.273. The lowest BCUT2D eigenvalue weighted by Gasteiger charge is -2.17. The number of para-hydroxylation sites is 1. The normalized spacial score (nSPS) is 16.6. The minimum Gasteiger partial charge on any atom is -0.504 e. The molecule has 2 rings (SSSR count). The number of hydrogen-bond acceptors (Lipinski definition) is 5. The summed E-state index contributed by atoms with van der Waals surface area (Å²) in [5, 5.41) is 24.3. The molecule has 1 amide bonds. The molecule has 5 N–H and O–H groups in total. The molecule has 0 heterocycles. The highest BCUT2D eigenvalue weighted by atomic mass is 16.5. The Morgan fingerprint density at radius 1 is 1.55 bits per heavy atom. The fourth-order valence-electron chi connectivity index (χ4n) is 2.01. The Labute approximate surface area is 116 Å². The molecule has 108 valence electrons. The molecular weight excluding hydrogens is 262 g/mol. The van der Waals surface area contributed by atoms with E-state index in [-0.39, 0.29) is 28.8 Å².